The Hall–Kier alpha value is -2.34. The predicted molar refractivity (Wildman–Crippen MR) is 98.8 cm³/mol. The monoisotopic (exact) mass is 359 g/mol. The Labute approximate surface area is 150 Å². The maximum Gasteiger partial charge on any atom is 0.341 e. The second-order valence-electron chi connectivity index (χ2n) is 6.18. The molecular weight excluding hydrogens is 338 g/mol. The van der Waals surface area contributed by atoms with E-state index in [-0.39, 0.29) is 11.7 Å². The summed E-state index contributed by atoms with van der Waals surface area (Å²) in [7, 11) is 2.89. The third kappa shape index (κ3) is 3.39. The van der Waals surface area contributed by atoms with Gasteiger partial charge in [-0.25, -0.2) is 9.79 Å². The Balaban J connectivity index is 2.01. The van der Waals surface area contributed by atoms with Gasteiger partial charge in [0.15, 0.2) is 11.5 Å². The molecule has 0 spiro atoms. The molecule has 0 saturated heterocycles. The standard InChI is InChI=1S/C19H21NO4S/c1-11-7-8-13-15(9-11)25-18(16(13)19(22)24-3)20-10-12-5-4-6-14(23-2)17(12)21/h4-6,10-11,21H,7-9H2,1-3H3/b20-10+/t11-/m0/s1. The zero-order valence-corrected chi connectivity index (χ0v) is 15.4. The summed E-state index contributed by atoms with van der Waals surface area (Å²) in [5.41, 5.74) is 2.17. The Bertz CT molecular complexity index is 825. The summed E-state index contributed by atoms with van der Waals surface area (Å²) in [6.45, 7) is 2.22. The van der Waals surface area contributed by atoms with Crippen molar-refractivity contribution in [2.24, 2.45) is 10.9 Å². The fraction of sp³-hybridized carbons (Fsp3) is 0.368. The minimum absolute atomic E-state index is 0.0308. The molecule has 0 amide bonds. The summed E-state index contributed by atoms with van der Waals surface area (Å²) in [5.74, 6) is 0.671. The minimum Gasteiger partial charge on any atom is -0.504 e. The molecule has 0 radical (unpaired) electrons. The molecule has 0 saturated carbocycles. The fourth-order valence-corrected chi connectivity index (χ4v) is 4.42. The van der Waals surface area contributed by atoms with Crippen LogP contribution in [0.5, 0.6) is 11.5 Å². The van der Waals surface area contributed by atoms with Crippen LogP contribution < -0.4 is 4.74 Å². The van der Waals surface area contributed by atoms with Crippen LogP contribution in [0.1, 0.15) is 39.7 Å². The number of fused-ring (bicyclic) bond motifs is 1. The molecule has 132 valence electrons. The van der Waals surface area contributed by atoms with Gasteiger partial charge in [0.05, 0.1) is 19.8 Å². The number of methoxy groups -OCH3 is 2. The number of aliphatic imine (C=N–C) groups is 1. The van der Waals surface area contributed by atoms with Gasteiger partial charge < -0.3 is 14.6 Å². The van der Waals surface area contributed by atoms with E-state index in [0.29, 0.717) is 27.8 Å². The molecule has 6 heteroatoms. The van der Waals surface area contributed by atoms with E-state index in [1.807, 2.05) is 0 Å². The van der Waals surface area contributed by atoms with Crippen LogP contribution in [0.2, 0.25) is 0 Å². The maximum absolute atomic E-state index is 12.3. The zero-order valence-electron chi connectivity index (χ0n) is 14.5. The minimum atomic E-state index is -0.353. The van der Waals surface area contributed by atoms with Gasteiger partial charge in [0.2, 0.25) is 0 Å². The van der Waals surface area contributed by atoms with Gasteiger partial charge in [0, 0.05) is 16.7 Å². The lowest BCUT2D eigenvalue weighted by molar-refractivity contribution is 0.0600. The van der Waals surface area contributed by atoms with E-state index in [4.69, 9.17) is 9.47 Å². The van der Waals surface area contributed by atoms with Crippen molar-refractivity contribution in [1.29, 1.82) is 0 Å². The number of benzene rings is 1. The van der Waals surface area contributed by atoms with Crippen LogP contribution in [0.25, 0.3) is 0 Å². The van der Waals surface area contributed by atoms with Crippen LogP contribution in [0.15, 0.2) is 23.2 Å². The number of thiophene rings is 1. The molecule has 1 aromatic carbocycles. The highest BCUT2D eigenvalue weighted by Crippen LogP contribution is 2.41. The summed E-state index contributed by atoms with van der Waals surface area (Å²) < 4.78 is 10.1. The number of rotatable bonds is 4. The molecule has 2 aromatic rings. The van der Waals surface area contributed by atoms with Gasteiger partial charge in [0.25, 0.3) is 0 Å². The molecular formula is C19H21NO4S. The van der Waals surface area contributed by atoms with E-state index in [9.17, 15) is 9.90 Å². The van der Waals surface area contributed by atoms with Crippen LogP contribution in [0.4, 0.5) is 5.00 Å². The third-order valence-electron chi connectivity index (χ3n) is 4.45. The van der Waals surface area contributed by atoms with Gasteiger partial charge in [0.1, 0.15) is 5.00 Å². The number of phenolic OH excluding ortho intramolecular Hbond substituents is 1. The Morgan fingerprint density at radius 2 is 2.20 bits per heavy atom. The number of para-hydroxylation sites is 1. The molecule has 0 fully saturated rings. The first-order valence-electron chi connectivity index (χ1n) is 8.18. The Kier molecular flexibility index (Phi) is 5.08. The lowest BCUT2D eigenvalue weighted by Gasteiger charge is -2.18. The summed E-state index contributed by atoms with van der Waals surface area (Å²) in [6.07, 6.45) is 4.46. The average molecular weight is 359 g/mol. The molecule has 1 aliphatic rings. The number of ether oxygens (including phenoxy) is 2. The van der Waals surface area contributed by atoms with Gasteiger partial charge in [-0.05, 0) is 42.9 Å². The molecule has 1 N–H and O–H groups in total. The number of phenols is 1. The smallest absolute Gasteiger partial charge is 0.341 e. The number of carbonyl (C=O) groups excluding carboxylic acids is 1. The van der Waals surface area contributed by atoms with Crippen molar-refractivity contribution in [2.45, 2.75) is 26.2 Å². The molecule has 1 atom stereocenters. The quantitative estimate of drug-likeness (QED) is 0.658. The maximum atomic E-state index is 12.3. The molecule has 3 rings (SSSR count). The first-order chi connectivity index (χ1) is 12.0. The van der Waals surface area contributed by atoms with Crippen LogP contribution in [0.3, 0.4) is 0 Å². The molecule has 0 unspecified atom stereocenters. The molecule has 25 heavy (non-hydrogen) atoms. The van der Waals surface area contributed by atoms with E-state index < -0.39 is 0 Å². The van der Waals surface area contributed by atoms with Gasteiger partial charge in [-0.15, -0.1) is 11.3 Å². The summed E-state index contributed by atoms with van der Waals surface area (Å²) in [4.78, 5) is 18.0. The van der Waals surface area contributed by atoms with Crippen molar-refractivity contribution in [3.05, 3.63) is 39.8 Å². The van der Waals surface area contributed by atoms with E-state index >= 15 is 0 Å². The normalized spacial score (nSPS) is 16.7. The molecule has 1 heterocycles. The highest BCUT2D eigenvalue weighted by molar-refractivity contribution is 7.16. The summed E-state index contributed by atoms with van der Waals surface area (Å²) in [5, 5.41) is 10.8. The van der Waals surface area contributed by atoms with Gasteiger partial charge >= 0.3 is 5.97 Å². The number of hydrogen-bond donors (Lipinski definition) is 1. The van der Waals surface area contributed by atoms with Crippen molar-refractivity contribution < 1.29 is 19.4 Å². The highest BCUT2D eigenvalue weighted by Gasteiger charge is 2.27. The zero-order chi connectivity index (χ0) is 18.0. The Morgan fingerprint density at radius 3 is 2.92 bits per heavy atom. The number of carbonyl (C=O) groups is 1. The lowest BCUT2D eigenvalue weighted by atomic mass is 9.88. The lowest BCUT2D eigenvalue weighted by Crippen LogP contribution is -2.12. The van der Waals surface area contributed by atoms with Gasteiger partial charge in [-0.1, -0.05) is 13.0 Å². The second kappa shape index (κ2) is 7.27. The molecule has 1 aliphatic carbocycles. The topological polar surface area (TPSA) is 68.1 Å². The van der Waals surface area contributed by atoms with Crippen LogP contribution in [-0.2, 0) is 17.6 Å². The first kappa shape index (κ1) is 17.5. The van der Waals surface area contributed by atoms with E-state index in [1.165, 1.54) is 30.4 Å². The fourth-order valence-electron chi connectivity index (χ4n) is 3.08. The van der Waals surface area contributed by atoms with Crippen molar-refractivity contribution in [3.63, 3.8) is 0 Å². The number of hydrogen-bond acceptors (Lipinski definition) is 6. The van der Waals surface area contributed by atoms with Crippen molar-refractivity contribution >= 4 is 28.5 Å². The molecule has 5 nitrogen and oxygen atoms in total. The first-order valence-corrected chi connectivity index (χ1v) is 8.99. The van der Waals surface area contributed by atoms with E-state index in [0.717, 1.165) is 24.8 Å². The van der Waals surface area contributed by atoms with Crippen molar-refractivity contribution in [2.75, 3.05) is 14.2 Å². The number of nitrogens with zero attached hydrogens (tertiary/aromatic N) is 1. The van der Waals surface area contributed by atoms with Gasteiger partial charge in [-0.3, -0.25) is 0 Å². The van der Waals surface area contributed by atoms with E-state index in [1.54, 1.807) is 24.4 Å². The molecule has 0 bridgehead atoms. The SMILES string of the molecule is COC(=O)c1c(/N=C/c2cccc(OC)c2O)sc2c1CC[C@H](C)C2. The van der Waals surface area contributed by atoms with Crippen LogP contribution in [0, 0.1) is 5.92 Å². The third-order valence-corrected chi connectivity index (χ3v) is 5.62. The molecule has 1 aromatic heterocycles. The molecule has 0 aliphatic heterocycles. The summed E-state index contributed by atoms with van der Waals surface area (Å²) in [6, 6.07) is 5.20. The largest absolute Gasteiger partial charge is 0.504 e. The van der Waals surface area contributed by atoms with Gasteiger partial charge in [-0.2, -0.15) is 0 Å². The van der Waals surface area contributed by atoms with Crippen molar-refractivity contribution in [1.82, 2.24) is 0 Å². The number of aromatic hydroxyl groups is 1. The average Bonchev–Trinajstić information content (AvgIpc) is 2.97. The Morgan fingerprint density at radius 1 is 1.40 bits per heavy atom. The summed E-state index contributed by atoms with van der Waals surface area (Å²) >= 11 is 1.53. The number of esters is 1. The van der Waals surface area contributed by atoms with Crippen LogP contribution in [-0.4, -0.2) is 31.5 Å². The second-order valence-corrected chi connectivity index (χ2v) is 7.26. The van der Waals surface area contributed by atoms with E-state index in [2.05, 4.69) is 11.9 Å². The highest BCUT2D eigenvalue weighted by atomic mass is 32.1. The van der Waals surface area contributed by atoms with Crippen LogP contribution >= 0.6 is 11.3 Å². The van der Waals surface area contributed by atoms with Crippen molar-refractivity contribution in [3.8, 4) is 11.5 Å². The predicted octanol–water partition coefficient (Wildman–Crippen LogP) is 4.12.